The summed E-state index contributed by atoms with van der Waals surface area (Å²) in [6, 6.07) is 21.3. The van der Waals surface area contributed by atoms with E-state index >= 15 is 0 Å². The van der Waals surface area contributed by atoms with Crippen molar-refractivity contribution in [3.8, 4) is 11.5 Å². The van der Waals surface area contributed by atoms with E-state index in [1.807, 2.05) is 49.4 Å². The minimum Gasteiger partial charge on any atom is -0.493 e. The summed E-state index contributed by atoms with van der Waals surface area (Å²) >= 11 is 7.86. The van der Waals surface area contributed by atoms with Crippen molar-refractivity contribution in [3.63, 3.8) is 0 Å². The topological polar surface area (TPSA) is 87.5 Å². The molecule has 1 unspecified atom stereocenters. The van der Waals surface area contributed by atoms with Crippen molar-refractivity contribution in [3.05, 3.63) is 105 Å². The summed E-state index contributed by atoms with van der Waals surface area (Å²) in [4.78, 5) is 18.3. The number of allylic oxidation sites excluding steroid dienone is 1. The van der Waals surface area contributed by atoms with Crippen molar-refractivity contribution in [1.29, 1.82) is 0 Å². The number of methoxy groups -OCH3 is 1. The molecule has 5 rings (SSSR count). The van der Waals surface area contributed by atoms with Gasteiger partial charge in [-0.3, -0.25) is 0 Å². The van der Waals surface area contributed by atoms with Crippen LogP contribution >= 0.6 is 23.4 Å². The average molecular weight is 661 g/mol. The van der Waals surface area contributed by atoms with E-state index in [9.17, 15) is 4.79 Å². The van der Waals surface area contributed by atoms with Crippen molar-refractivity contribution in [2.24, 2.45) is 0 Å². The first kappa shape index (κ1) is 33.4. The number of unbranched alkanes of at least 4 members (excludes halogenated alkanes) is 1. The number of fused-ring (bicyclic) bond motifs is 1. The molecule has 0 spiro atoms. The summed E-state index contributed by atoms with van der Waals surface area (Å²) in [6.45, 7) is 11.2. The van der Waals surface area contributed by atoms with Gasteiger partial charge in [0.25, 0.3) is 0 Å². The smallest absolute Gasteiger partial charge is 0.338 e. The monoisotopic (exact) mass is 660 g/mol. The molecular weight excluding hydrogens is 620 g/mol. The molecule has 0 amide bonds. The summed E-state index contributed by atoms with van der Waals surface area (Å²) in [5, 5.41) is 9.37. The van der Waals surface area contributed by atoms with Gasteiger partial charge in [-0.2, -0.15) is 4.98 Å². The standard InChI is InChI=1S/C36H41ClN4O4S/c1-7-8-19-44-33(42)31-23(2)38-34-39-35(46-22-26-11-9-10-12-28(26)37)40-41(34)32(31)25-15-18-29(30(20-25)43-6)45-21-24-13-16-27(17-14-24)36(3,4)5/h9-18,20,32H,7-8,19,21-22H2,1-6H3,(H,38,39,40). The maximum absolute atomic E-state index is 13.5. The molecule has 0 fully saturated rings. The molecule has 3 aromatic carbocycles. The fraction of sp³-hybridized carbons (Fsp3) is 0.361. The number of thioether (sulfide) groups is 1. The lowest BCUT2D eigenvalue weighted by Gasteiger charge is -2.28. The highest BCUT2D eigenvalue weighted by atomic mass is 35.5. The predicted octanol–water partition coefficient (Wildman–Crippen LogP) is 8.74. The summed E-state index contributed by atoms with van der Waals surface area (Å²) in [5.41, 5.74) is 5.31. The molecule has 1 aromatic heterocycles. The molecule has 1 aliphatic rings. The predicted molar refractivity (Wildman–Crippen MR) is 184 cm³/mol. The van der Waals surface area contributed by atoms with E-state index in [2.05, 4.69) is 57.3 Å². The third kappa shape index (κ3) is 7.70. The van der Waals surface area contributed by atoms with Crippen molar-refractivity contribution < 1.29 is 19.0 Å². The van der Waals surface area contributed by atoms with Crippen LogP contribution in [0.3, 0.4) is 0 Å². The van der Waals surface area contributed by atoms with Gasteiger partial charge in [-0.05, 0) is 59.2 Å². The van der Waals surface area contributed by atoms with Crippen LogP contribution in [0.4, 0.5) is 5.95 Å². The van der Waals surface area contributed by atoms with Crippen LogP contribution in [0, 0.1) is 0 Å². The maximum Gasteiger partial charge on any atom is 0.338 e. The van der Waals surface area contributed by atoms with Crippen LogP contribution in [-0.4, -0.2) is 34.5 Å². The van der Waals surface area contributed by atoms with Crippen LogP contribution in [0.25, 0.3) is 0 Å². The Hall–Kier alpha value is -3.95. The molecule has 0 aliphatic carbocycles. The maximum atomic E-state index is 13.5. The van der Waals surface area contributed by atoms with E-state index in [0.717, 1.165) is 29.5 Å². The lowest BCUT2D eigenvalue weighted by molar-refractivity contribution is -0.139. The number of nitrogens with zero attached hydrogens (tertiary/aromatic N) is 3. The summed E-state index contributed by atoms with van der Waals surface area (Å²) in [5.74, 6) is 1.89. The Balaban J connectivity index is 1.44. The van der Waals surface area contributed by atoms with Crippen LogP contribution in [0.1, 0.15) is 75.8 Å². The molecular formula is C36H41ClN4O4S. The zero-order chi connectivity index (χ0) is 32.8. The summed E-state index contributed by atoms with van der Waals surface area (Å²) in [7, 11) is 1.61. The number of hydrogen-bond donors (Lipinski definition) is 1. The van der Waals surface area contributed by atoms with Gasteiger partial charge in [0.05, 0.1) is 19.3 Å². The SMILES string of the molecule is CCCCOC(=O)C1=C(C)Nc2nc(SCc3ccccc3Cl)nn2C1c1ccc(OCc2ccc(C(C)(C)C)cc2)c(OC)c1. The number of nitrogens with one attached hydrogen (secondary N) is 1. The quantitative estimate of drug-likeness (QED) is 0.0917. The molecule has 4 aromatic rings. The molecule has 10 heteroatoms. The Bertz CT molecular complexity index is 1710. The highest BCUT2D eigenvalue weighted by Gasteiger charge is 2.36. The van der Waals surface area contributed by atoms with Gasteiger partial charge < -0.3 is 19.5 Å². The second-order valence-electron chi connectivity index (χ2n) is 12.2. The van der Waals surface area contributed by atoms with E-state index in [1.54, 1.807) is 11.8 Å². The second-order valence-corrected chi connectivity index (χ2v) is 13.6. The molecule has 0 bridgehead atoms. The molecule has 242 valence electrons. The van der Waals surface area contributed by atoms with Crippen molar-refractivity contribution in [2.75, 3.05) is 19.0 Å². The summed E-state index contributed by atoms with van der Waals surface area (Å²) < 4.78 is 19.4. The third-order valence-corrected chi connectivity index (χ3v) is 9.07. The number of esters is 1. The highest BCUT2D eigenvalue weighted by molar-refractivity contribution is 7.98. The van der Waals surface area contributed by atoms with E-state index in [0.29, 0.717) is 57.9 Å². The van der Waals surface area contributed by atoms with Crippen LogP contribution in [0.15, 0.2) is 83.2 Å². The van der Waals surface area contributed by atoms with E-state index in [-0.39, 0.29) is 5.41 Å². The minimum absolute atomic E-state index is 0.0835. The van der Waals surface area contributed by atoms with Gasteiger partial charge >= 0.3 is 5.97 Å². The number of anilines is 1. The van der Waals surface area contributed by atoms with E-state index < -0.39 is 12.0 Å². The number of hydrogen-bond acceptors (Lipinski definition) is 8. The number of carbonyl (C=O) groups is 1. The fourth-order valence-electron chi connectivity index (χ4n) is 5.15. The Kier molecular flexibility index (Phi) is 10.6. The normalized spacial score (nSPS) is 14.5. The zero-order valence-electron chi connectivity index (χ0n) is 27.2. The number of benzene rings is 3. The molecule has 1 atom stereocenters. The molecule has 0 saturated carbocycles. The minimum atomic E-state index is -0.597. The van der Waals surface area contributed by atoms with Crippen LogP contribution in [0.5, 0.6) is 11.5 Å². The number of aromatic nitrogens is 3. The third-order valence-electron chi connectivity index (χ3n) is 7.82. The molecule has 2 heterocycles. The van der Waals surface area contributed by atoms with Gasteiger partial charge in [-0.1, -0.05) is 106 Å². The number of ether oxygens (including phenoxy) is 3. The van der Waals surface area contributed by atoms with Gasteiger partial charge in [-0.15, -0.1) is 5.10 Å². The molecule has 8 nitrogen and oxygen atoms in total. The lowest BCUT2D eigenvalue weighted by Crippen LogP contribution is -2.29. The first-order valence-corrected chi connectivity index (χ1v) is 16.8. The molecule has 1 aliphatic heterocycles. The van der Waals surface area contributed by atoms with E-state index in [1.165, 1.54) is 17.3 Å². The number of rotatable bonds is 12. The van der Waals surface area contributed by atoms with Crippen molar-refractivity contribution >= 4 is 35.3 Å². The van der Waals surface area contributed by atoms with Gasteiger partial charge in [0.15, 0.2) is 11.5 Å². The number of carbonyl (C=O) groups excluding carboxylic acids is 1. The lowest BCUT2D eigenvalue weighted by atomic mass is 9.87. The first-order valence-electron chi connectivity index (χ1n) is 15.5. The molecule has 0 saturated heterocycles. The Labute approximate surface area is 280 Å². The molecule has 0 radical (unpaired) electrons. The van der Waals surface area contributed by atoms with Crippen LogP contribution < -0.4 is 14.8 Å². The Morgan fingerprint density at radius 2 is 1.83 bits per heavy atom. The molecule has 1 N–H and O–H groups in total. The van der Waals surface area contributed by atoms with E-state index in [4.69, 9.17) is 35.9 Å². The van der Waals surface area contributed by atoms with Crippen LogP contribution in [0.2, 0.25) is 5.02 Å². The Morgan fingerprint density at radius 1 is 1.07 bits per heavy atom. The highest BCUT2D eigenvalue weighted by Crippen LogP contribution is 2.40. The van der Waals surface area contributed by atoms with Crippen molar-refractivity contribution in [2.45, 2.75) is 76.4 Å². The first-order chi connectivity index (χ1) is 22.1. The summed E-state index contributed by atoms with van der Waals surface area (Å²) in [6.07, 6.45) is 1.71. The second kappa shape index (κ2) is 14.6. The molecule has 46 heavy (non-hydrogen) atoms. The average Bonchev–Trinajstić information content (AvgIpc) is 3.44. The zero-order valence-corrected chi connectivity index (χ0v) is 28.8. The van der Waals surface area contributed by atoms with Crippen molar-refractivity contribution in [1.82, 2.24) is 14.8 Å². The largest absolute Gasteiger partial charge is 0.493 e. The van der Waals surface area contributed by atoms with Crippen LogP contribution in [-0.2, 0) is 27.3 Å². The fourth-order valence-corrected chi connectivity index (χ4v) is 6.26. The van der Waals surface area contributed by atoms with Gasteiger partial charge in [0.1, 0.15) is 12.6 Å². The van der Waals surface area contributed by atoms with Gasteiger partial charge in [0, 0.05) is 16.5 Å². The van der Waals surface area contributed by atoms with Gasteiger partial charge in [0.2, 0.25) is 11.1 Å². The van der Waals surface area contributed by atoms with Gasteiger partial charge in [-0.25, -0.2) is 9.48 Å². The Morgan fingerprint density at radius 3 is 2.52 bits per heavy atom. The number of halogens is 1.